The standard InChI is InChI=1S/C23H27ClN4O3/c1-15(2)25-23(30)27(3)14-22(29)28-21(16-9-11-17(31-4)12-10-16)13-20(26-28)18-7-5-6-8-19(18)24/h5-12,15,21H,13-14H2,1-4H3,(H,25,30). The van der Waals surface area contributed by atoms with Gasteiger partial charge in [-0.15, -0.1) is 0 Å². The predicted octanol–water partition coefficient (Wildman–Crippen LogP) is 4.08. The molecular formula is C23H27ClN4O3. The van der Waals surface area contributed by atoms with Crippen molar-refractivity contribution in [1.82, 2.24) is 15.2 Å². The summed E-state index contributed by atoms with van der Waals surface area (Å²) in [5.74, 6) is 0.459. The Morgan fingerprint density at radius 3 is 2.52 bits per heavy atom. The molecule has 1 N–H and O–H groups in total. The largest absolute Gasteiger partial charge is 0.497 e. The molecule has 1 aliphatic rings. The number of ether oxygens (including phenoxy) is 1. The van der Waals surface area contributed by atoms with E-state index in [1.54, 1.807) is 20.2 Å². The van der Waals surface area contributed by atoms with Gasteiger partial charge in [-0.05, 0) is 37.6 Å². The number of hydrazone groups is 1. The van der Waals surface area contributed by atoms with Crippen LogP contribution in [0.2, 0.25) is 5.02 Å². The Morgan fingerprint density at radius 1 is 1.23 bits per heavy atom. The number of methoxy groups -OCH3 is 1. The third-order valence-electron chi connectivity index (χ3n) is 4.98. The normalized spacial score (nSPS) is 15.6. The molecule has 0 fully saturated rings. The number of hydrogen-bond donors (Lipinski definition) is 1. The molecule has 31 heavy (non-hydrogen) atoms. The van der Waals surface area contributed by atoms with Crippen LogP contribution in [0.3, 0.4) is 0 Å². The van der Waals surface area contributed by atoms with Crippen molar-refractivity contribution in [2.45, 2.75) is 32.4 Å². The van der Waals surface area contributed by atoms with Crippen LogP contribution >= 0.6 is 11.6 Å². The van der Waals surface area contributed by atoms with Crippen molar-refractivity contribution < 1.29 is 14.3 Å². The van der Waals surface area contributed by atoms with Gasteiger partial charge >= 0.3 is 6.03 Å². The van der Waals surface area contributed by atoms with Crippen molar-refractivity contribution in [2.24, 2.45) is 5.10 Å². The SMILES string of the molecule is COc1ccc(C2CC(c3ccccc3Cl)=NN2C(=O)CN(C)C(=O)NC(C)C)cc1. The van der Waals surface area contributed by atoms with Gasteiger partial charge in [0.1, 0.15) is 12.3 Å². The van der Waals surface area contributed by atoms with Crippen LogP contribution < -0.4 is 10.1 Å². The minimum atomic E-state index is -0.307. The molecule has 0 aromatic heterocycles. The van der Waals surface area contributed by atoms with Gasteiger partial charge < -0.3 is 15.0 Å². The van der Waals surface area contributed by atoms with Crippen molar-refractivity contribution in [2.75, 3.05) is 20.7 Å². The highest BCUT2D eigenvalue weighted by atomic mass is 35.5. The van der Waals surface area contributed by atoms with Gasteiger partial charge in [-0.2, -0.15) is 5.10 Å². The number of rotatable bonds is 6. The first kappa shape index (κ1) is 22.6. The highest BCUT2D eigenvalue weighted by molar-refractivity contribution is 6.34. The van der Waals surface area contributed by atoms with Crippen LogP contribution in [0, 0.1) is 0 Å². The molecule has 164 valence electrons. The lowest BCUT2D eigenvalue weighted by Crippen LogP contribution is -2.45. The van der Waals surface area contributed by atoms with Crippen molar-refractivity contribution in [3.63, 3.8) is 0 Å². The Balaban J connectivity index is 1.88. The summed E-state index contributed by atoms with van der Waals surface area (Å²) in [6.07, 6.45) is 0.518. The minimum Gasteiger partial charge on any atom is -0.497 e. The number of urea groups is 1. The molecular weight excluding hydrogens is 416 g/mol. The van der Waals surface area contributed by atoms with E-state index < -0.39 is 0 Å². The van der Waals surface area contributed by atoms with Gasteiger partial charge in [-0.3, -0.25) is 4.79 Å². The average molecular weight is 443 g/mol. The van der Waals surface area contributed by atoms with Crippen molar-refractivity contribution in [1.29, 1.82) is 0 Å². The van der Waals surface area contributed by atoms with E-state index in [0.717, 1.165) is 22.6 Å². The number of benzene rings is 2. The predicted molar refractivity (Wildman–Crippen MR) is 121 cm³/mol. The number of nitrogens with one attached hydrogen (secondary N) is 1. The van der Waals surface area contributed by atoms with Crippen molar-refractivity contribution in [3.8, 4) is 5.75 Å². The first-order valence-corrected chi connectivity index (χ1v) is 10.5. The zero-order valence-electron chi connectivity index (χ0n) is 18.1. The van der Waals surface area contributed by atoms with Crippen LogP contribution in [-0.2, 0) is 4.79 Å². The van der Waals surface area contributed by atoms with Crippen molar-refractivity contribution in [3.05, 3.63) is 64.7 Å². The molecule has 1 heterocycles. The smallest absolute Gasteiger partial charge is 0.317 e. The molecule has 2 aromatic rings. The van der Waals surface area contributed by atoms with Gasteiger partial charge in [0.25, 0.3) is 5.91 Å². The molecule has 0 radical (unpaired) electrons. The van der Waals surface area contributed by atoms with E-state index in [-0.39, 0.29) is 30.6 Å². The van der Waals surface area contributed by atoms with Crippen LogP contribution in [0.1, 0.15) is 37.4 Å². The van der Waals surface area contributed by atoms with Crippen LogP contribution in [0.5, 0.6) is 5.75 Å². The van der Waals surface area contributed by atoms with E-state index in [9.17, 15) is 9.59 Å². The van der Waals surface area contributed by atoms with Crippen LogP contribution in [0.4, 0.5) is 4.79 Å². The monoisotopic (exact) mass is 442 g/mol. The minimum absolute atomic E-state index is 0.0197. The molecule has 1 atom stereocenters. The van der Waals surface area contributed by atoms with Gasteiger partial charge in [0.15, 0.2) is 0 Å². The molecule has 0 aliphatic carbocycles. The molecule has 0 saturated heterocycles. The molecule has 7 nitrogen and oxygen atoms in total. The topological polar surface area (TPSA) is 74.2 Å². The van der Waals surface area contributed by atoms with E-state index in [2.05, 4.69) is 10.4 Å². The molecule has 1 unspecified atom stereocenters. The Kier molecular flexibility index (Phi) is 7.17. The molecule has 0 bridgehead atoms. The van der Waals surface area contributed by atoms with Crippen LogP contribution in [0.15, 0.2) is 53.6 Å². The summed E-state index contributed by atoms with van der Waals surface area (Å²) >= 11 is 6.38. The number of carbonyl (C=O) groups is 2. The lowest BCUT2D eigenvalue weighted by atomic mass is 9.98. The summed E-state index contributed by atoms with van der Waals surface area (Å²) in [6, 6.07) is 14.4. The number of carbonyl (C=O) groups excluding carboxylic acids is 2. The maximum Gasteiger partial charge on any atom is 0.317 e. The van der Waals surface area contributed by atoms with Crippen molar-refractivity contribution >= 4 is 29.3 Å². The van der Waals surface area contributed by atoms with Crippen LogP contribution in [-0.4, -0.2) is 54.3 Å². The second-order valence-electron chi connectivity index (χ2n) is 7.72. The maximum absolute atomic E-state index is 13.2. The van der Waals surface area contributed by atoms with Gasteiger partial charge in [0.2, 0.25) is 0 Å². The fraction of sp³-hybridized carbons (Fsp3) is 0.348. The summed E-state index contributed by atoms with van der Waals surface area (Å²) < 4.78 is 5.25. The lowest BCUT2D eigenvalue weighted by molar-refractivity contribution is -0.133. The fourth-order valence-electron chi connectivity index (χ4n) is 3.39. The molecule has 2 aromatic carbocycles. The third-order valence-corrected chi connectivity index (χ3v) is 5.31. The molecule has 0 spiro atoms. The Bertz CT molecular complexity index is 975. The zero-order chi connectivity index (χ0) is 22.5. The van der Waals surface area contributed by atoms with E-state index >= 15 is 0 Å². The molecule has 1 aliphatic heterocycles. The van der Waals surface area contributed by atoms with E-state index in [1.165, 1.54) is 9.91 Å². The second-order valence-corrected chi connectivity index (χ2v) is 8.13. The Hall–Kier alpha value is -3.06. The highest BCUT2D eigenvalue weighted by Gasteiger charge is 2.34. The number of halogens is 1. The van der Waals surface area contributed by atoms with Gasteiger partial charge in [0, 0.05) is 30.1 Å². The summed E-state index contributed by atoms with van der Waals surface area (Å²) in [5.41, 5.74) is 2.45. The van der Waals surface area contributed by atoms with E-state index in [0.29, 0.717) is 11.4 Å². The number of likely N-dealkylation sites (N-methyl/N-ethyl adjacent to an activating group) is 1. The maximum atomic E-state index is 13.2. The highest BCUT2D eigenvalue weighted by Crippen LogP contribution is 2.35. The summed E-state index contributed by atoms with van der Waals surface area (Å²) in [7, 11) is 3.20. The summed E-state index contributed by atoms with van der Waals surface area (Å²) in [6.45, 7) is 3.65. The first-order valence-electron chi connectivity index (χ1n) is 10.1. The quantitative estimate of drug-likeness (QED) is 0.732. The number of hydrogen-bond acceptors (Lipinski definition) is 4. The third kappa shape index (κ3) is 5.35. The summed E-state index contributed by atoms with van der Waals surface area (Å²) in [5, 5.41) is 9.44. The fourth-order valence-corrected chi connectivity index (χ4v) is 3.63. The van der Waals surface area contributed by atoms with E-state index in [4.69, 9.17) is 16.3 Å². The Morgan fingerprint density at radius 2 is 1.90 bits per heavy atom. The van der Waals surface area contributed by atoms with Crippen LogP contribution in [0.25, 0.3) is 0 Å². The molecule has 8 heteroatoms. The average Bonchev–Trinajstić information content (AvgIpc) is 3.19. The van der Waals surface area contributed by atoms with E-state index in [1.807, 2.05) is 56.3 Å². The molecule has 0 saturated carbocycles. The molecule has 3 amide bonds. The molecule has 3 rings (SSSR count). The van der Waals surface area contributed by atoms with Gasteiger partial charge in [0.05, 0.1) is 18.9 Å². The zero-order valence-corrected chi connectivity index (χ0v) is 18.9. The van der Waals surface area contributed by atoms with Gasteiger partial charge in [-0.25, -0.2) is 9.80 Å². The van der Waals surface area contributed by atoms with Gasteiger partial charge in [-0.1, -0.05) is 41.9 Å². The number of nitrogens with zero attached hydrogens (tertiary/aromatic N) is 3. The second kappa shape index (κ2) is 9.83. The summed E-state index contributed by atoms with van der Waals surface area (Å²) in [4.78, 5) is 26.7. The number of amides is 3. The Labute approximate surface area is 187 Å². The lowest BCUT2D eigenvalue weighted by Gasteiger charge is -2.25. The first-order chi connectivity index (χ1) is 14.8.